The number of nitrogens with two attached hydrogens (primary N) is 1. The molecule has 1 unspecified atom stereocenters. The number of carbonyl (C=O) groups is 2. The molecule has 9 heteroatoms. The number of alkyl halides is 3. The lowest BCUT2D eigenvalue weighted by atomic mass is 9.97. The minimum atomic E-state index is -4.44. The number of nitrogens with one attached hydrogen (secondary N) is 1. The quantitative estimate of drug-likeness (QED) is 0.801. The summed E-state index contributed by atoms with van der Waals surface area (Å²) < 4.78 is 36.6. The maximum absolute atomic E-state index is 12.2. The standard InChI is InChI=1S/C16H20F3N3O2S/c17-16(18,19)25-10-14(23)21-13-6-2-1-4-11(13)8-22-7-3-5-12(9-22)15(20)24/h1-2,4,6,12H,3,5,7-10H2,(H2,20,24)(H,21,23). The third kappa shape index (κ3) is 6.58. The van der Waals surface area contributed by atoms with Crippen molar-refractivity contribution < 1.29 is 22.8 Å². The molecule has 1 fully saturated rings. The van der Waals surface area contributed by atoms with Crippen molar-refractivity contribution in [1.29, 1.82) is 0 Å². The second kappa shape index (κ2) is 8.57. The molecular formula is C16H20F3N3O2S. The maximum atomic E-state index is 12.2. The lowest BCUT2D eigenvalue weighted by Crippen LogP contribution is -2.40. The SMILES string of the molecule is NC(=O)C1CCCN(Cc2ccccc2NC(=O)CSC(F)(F)F)C1. The van der Waals surface area contributed by atoms with Gasteiger partial charge in [0.25, 0.3) is 0 Å². The molecule has 0 radical (unpaired) electrons. The van der Waals surface area contributed by atoms with Gasteiger partial charge < -0.3 is 11.1 Å². The normalized spacial score (nSPS) is 18.8. The van der Waals surface area contributed by atoms with E-state index in [1.165, 1.54) is 0 Å². The highest BCUT2D eigenvalue weighted by atomic mass is 32.2. The molecule has 1 atom stereocenters. The smallest absolute Gasteiger partial charge is 0.369 e. The number of hydrogen-bond acceptors (Lipinski definition) is 4. The molecule has 0 saturated carbocycles. The molecule has 1 aliphatic heterocycles. The first-order chi connectivity index (χ1) is 11.7. The van der Waals surface area contributed by atoms with Crippen LogP contribution in [0.15, 0.2) is 24.3 Å². The zero-order valence-electron chi connectivity index (χ0n) is 13.5. The van der Waals surface area contributed by atoms with Gasteiger partial charge in [0.15, 0.2) is 0 Å². The Morgan fingerprint density at radius 3 is 2.72 bits per heavy atom. The average molecular weight is 375 g/mol. The molecule has 138 valence electrons. The molecule has 0 bridgehead atoms. The number of hydrogen-bond donors (Lipinski definition) is 2. The number of anilines is 1. The zero-order chi connectivity index (χ0) is 18.4. The number of halogens is 3. The first-order valence-electron chi connectivity index (χ1n) is 7.84. The maximum Gasteiger partial charge on any atom is 0.442 e. The van der Waals surface area contributed by atoms with E-state index >= 15 is 0 Å². The van der Waals surface area contributed by atoms with Crippen LogP contribution in [0.2, 0.25) is 0 Å². The van der Waals surface area contributed by atoms with E-state index in [9.17, 15) is 22.8 Å². The fourth-order valence-corrected chi connectivity index (χ4v) is 3.15. The van der Waals surface area contributed by atoms with Crippen molar-refractivity contribution in [2.45, 2.75) is 24.9 Å². The Kier molecular flexibility index (Phi) is 6.71. The minimum Gasteiger partial charge on any atom is -0.369 e. The van der Waals surface area contributed by atoms with Gasteiger partial charge in [0.05, 0.1) is 11.7 Å². The summed E-state index contributed by atoms with van der Waals surface area (Å²) in [5.74, 6) is -1.91. The highest BCUT2D eigenvalue weighted by Crippen LogP contribution is 2.30. The number of amides is 2. The molecule has 1 heterocycles. The molecular weight excluding hydrogens is 355 g/mol. The van der Waals surface area contributed by atoms with Crippen LogP contribution >= 0.6 is 11.8 Å². The summed E-state index contributed by atoms with van der Waals surface area (Å²) in [7, 11) is 0. The highest BCUT2D eigenvalue weighted by molar-refractivity contribution is 8.00. The van der Waals surface area contributed by atoms with Crippen LogP contribution in [0, 0.1) is 5.92 Å². The summed E-state index contributed by atoms with van der Waals surface area (Å²) in [6, 6.07) is 6.96. The van der Waals surface area contributed by atoms with Crippen LogP contribution in [-0.2, 0) is 16.1 Å². The number of para-hydroxylation sites is 1. The second-order valence-corrected chi connectivity index (χ2v) is 6.96. The van der Waals surface area contributed by atoms with E-state index in [1.807, 2.05) is 0 Å². The summed E-state index contributed by atoms with van der Waals surface area (Å²) in [6.07, 6.45) is 1.61. The van der Waals surface area contributed by atoms with Crippen LogP contribution in [0.4, 0.5) is 18.9 Å². The van der Waals surface area contributed by atoms with E-state index in [0.29, 0.717) is 18.8 Å². The van der Waals surface area contributed by atoms with Crippen molar-refractivity contribution in [1.82, 2.24) is 4.90 Å². The first kappa shape index (κ1) is 19.6. The largest absolute Gasteiger partial charge is 0.442 e. The van der Waals surface area contributed by atoms with Gasteiger partial charge in [-0.2, -0.15) is 13.2 Å². The Morgan fingerprint density at radius 2 is 2.04 bits per heavy atom. The van der Waals surface area contributed by atoms with E-state index in [2.05, 4.69) is 10.2 Å². The van der Waals surface area contributed by atoms with Gasteiger partial charge in [-0.3, -0.25) is 14.5 Å². The van der Waals surface area contributed by atoms with Gasteiger partial charge in [0.2, 0.25) is 11.8 Å². The second-order valence-electron chi connectivity index (χ2n) is 5.92. The minimum absolute atomic E-state index is 0.196. The van der Waals surface area contributed by atoms with Gasteiger partial charge in [-0.1, -0.05) is 18.2 Å². The third-order valence-electron chi connectivity index (χ3n) is 3.96. The summed E-state index contributed by atoms with van der Waals surface area (Å²) >= 11 is -0.368. The highest BCUT2D eigenvalue weighted by Gasteiger charge is 2.29. The number of likely N-dealkylation sites (tertiary alicyclic amines) is 1. The molecule has 0 aromatic heterocycles. The van der Waals surface area contributed by atoms with Crippen LogP contribution in [0.25, 0.3) is 0 Å². The number of benzene rings is 1. The molecule has 0 spiro atoms. The number of piperidine rings is 1. The van der Waals surface area contributed by atoms with Crippen LogP contribution in [0.3, 0.4) is 0 Å². The Morgan fingerprint density at radius 1 is 1.32 bits per heavy atom. The van der Waals surface area contributed by atoms with Crippen LogP contribution < -0.4 is 11.1 Å². The Hall–Kier alpha value is -1.74. The summed E-state index contributed by atoms with van der Waals surface area (Å²) in [6.45, 7) is 1.84. The van der Waals surface area contributed by atoms with Crippen molar-refractivity contribution in [3.05, 3.63) is 29.8 Å². The van der Waals surface area contributed by atoms with Crippen molar-refractivity contribution in [3.63, 3.8) is 0 Å². The summed E-state index contributed by atoms with van der Waals surface area (Å²) in [4.78, 5) is 25.2. The van der Waals surface area contributed by atoms with E-state index in [-0.39, 0.29) is 23.6 Å². The van der Waals surface area contributed by atoms with Crippen molar-refractivity contribution in [2.75, 3.05) is 24.2 Å². The molecule has 1 aromatic rings. The van der Waals surface area contributed by atoms with Crippen LogP contribution in [-0.4, -0.2) is 41.1 Å². The van der Waals surface area contributed by atoms with Gasteiger partial charge in [-0.25, -0.2) is 0 Å². The van der Waals surface area contributed by atoms with Gasteiger partial charge in [-0.05, 0) is 42.8 Å². The summed E-state index contributed by atoms with van der Waals surface area (Å²) in [5, 5.41) is 2.53. The van der Waals surface area contributed by atoms with Gasteiger partial charge in [0.1, 0.15) is 0 Å². The molecule has 1 saturated heterocycles. The van der Waals surface area contributed by atoms with Gasteiger partial charge >= 0.3 is 5.51 Å². The Bertz CT molecular complexity index is 625. The first-order valence-corrected chi connectivity index (χ1v) is 8.83. The van der Waals surface area contributed by atoms with Crippen LogP contribution in [0.5, 0.6) is 0 Å². The number of nitrogens with zero attached hydrogens (tertiary/aromatic N) is 1. The third-order valence-corrected chi connectivity index (χ3v) is 4.69. The number of rotatable bonds is 6. The van der Waals surface area contributed by atoms with Crippen molar-refractivity contribution in [3.8, 4) is 0 Å². The Balaban J connectivity index is 1.98. The Labute approximate surface area is 148 Å². The van der Waals surface area contributed by atoms with Crippen molar-refractivity contribution >= 4 is 29.3 Å². The number of carbonyl (C=O) groups excluding carboxylic acids is 2. The monoisotopic (exact) mass is 375 g/mol. The fourth-order valence-electron chi connectivity index (χ4n) is 2.79. The van der Waals surface area contributed by atoms with E-state index in [0.717, 1.165) is 24.9 Å². The van der Waals surface area contributed by atoms with Gasteiger partial charge in [0, 0.05) is 18.8 Å². The van der Waals surface area contributed by atoms with Gasteiger partial charge in [-0.15, -0.1) is 0 Å². The number of thioether (sulfide) groups is 1. The predicted molar refractivity (Wildman–Crippen MR) is 90.8 cm³/mol. The average Bonchev–Trinajstić information content (AvgIpc) is 2.54. The van der Waals surface area contributed by atoms with E-state index < -0.39 is 17.2 Å². The molecule has 2 rings (SSSR count). The fraction of sp³-hybridized carbons (Fsp3) is 0.500. The van der Waals surface area contributed by atoms with E-state index in [4.69, 9.17) is 5.73 Å². The lowest BCUT2D eigenvalue weighted by molar-refractivity contribution is -0.123. The van der Waals surface area contributed by atoms with Crippen LogP contribution in [0.1, 0.15) is 18.4 Å². The molecule has 1 aliphatic rings. The molecule has 25 heavy (non-hydrogen) atoms. The number of primary amides is 1. The predicted octanol–water partition coefficient (Wildman–Crippen LogP) is 2.58. The molecule has 2 amide bonds. The molecule has 1 aromatic carbocycles. The van der Waals surface area contributed by atoms with E-state index in [1.54, 1.807) is 24.3 Å². The lowest BCUT2D eigenvalue weighted by Gasteiger charge is -2.31. The summed E-state index contributed by atoms with van der Waals surface area (Å²) in [5.41, 5.74) is 2.21. The molecule has 3 N–H and O–H groups in total. The molecule has 0 aliphatic carbocycles. The zero-order valence-corrected chi connectivity index (χ0v) is 14.3. The van der Waals surface area contributed by atoms with Crippen molar-refractivity contribution in [2.24, 2.45) is 11.7 Å². The topological polar surface area (TPSA) is 75.4 Å². The molecule has 5 nitrogen and oxygen atoms in total.